The lowest BCUT2D eigenvalue weighted by Crippen LogP contribution is -2.36. The van der Waals surface area contributed by atoms with Gasteiger partial charge in [0.1, 0.15) is 0 Å². The van der Waals surface area contributed by atoms with E-state index in [0.29, 0.717) is 23.4 Å². The quantitative estimate of drug-likeness (QED) is 0.154. The average molecular weight is 560 g/mol. The van der Waals surface area contributed by atoms with Crippen LogP contribution in [0.25, 0.3) is 11.5 Å². The minimum absolute atomic E-state index is 0.196. The number of unbranched alkanes of at least 4 members (excludes halogenated alkanes) is 8. The number of nitrogens with zero attached hydrogens (tertiary/aromatic N) is 3. The van der Waals surface area contributed by atoms with E-state index in [1.54, 1.807) is 24.3 Å². The molecule has 0 aliphatic heterocycles. The van der Waals surface area contributed by atoms with Gasteiger partial charge < -0.3 is 14.5 Å². The van der Waals surface area contributed by atoms with E-state index in [1.807, 2.05) is 0 Å². The van der Waals surface area contributed by atoms with E-state index < -0.39 is 30.2 Å². The van der Waals surface area contributed by atoms with Crippen LogP contribution in [0, 0.1) is 0 Å². The molecule has 40 heavy (non-hydrogen) atoms. The van der Waals surface area contributed by atoms with Gasteiger partial charge in [-0.25, -0.2) is 4.79 Å². The zero-order valence-corrected chi connectivity index (χ0v) is 22.8. The van der Waals surface area contributed by atoms with E-state index in [4.69, 9.17) is 4.52 Å². The van der Waals surface area contributed by atoms with E-state index in [0.717, 1.165) is 23.8 Å². The number of carbonyl (C=O) groups is 2. The van der Waals surface area contributed by atoms with Crippen LogP contribution < -0.4 is 0 Å². The number of rotatable bonds is 15. The van der Waals surface area contributed by atoms with Crippen LogP contribution in [-0.4, -0.2) is 32.0 Å². The maximum atomic E-state index is 13.5. The summed E-state index contributed by atoms with van der Waals surface area (Å²) in [5.41, 5.74) is -0.0342. The number of hydrogen-bond donors (Lipinski definition) is 1. The van der Waals surface area contributed by atoms with Crippen LogP contribution in [-0.2, 0) is 35.3 Å². The molecule has 1 amide bonds. The number of hydrogen-bond acceptors (Lipinski definition) is 5. The normalized spacial score (nSPS) is 11.5. The third kappa shape index (κ3) is 9.50. The number of aryl methyl sites for hydroxylation is 1. The van der Waals surface area contributed by atoms with Crippen molar-refractivity contribution in [2.45, 2.75) is 90.4 Å². The zero-order valence-electron chi connectivity index (χ0n) is 22.8. The third-order valence-electron chi connectivity index (χ3n) is 6.67. The monoisotopic (exact) mass is 559 g/mol. The van der Waals surface area contributed by atoms with Gasteiger partial charge in [-0.15, -0.1) is 0 Å². The molecule has 0 fully saturated rings. The van der Waals surface area contributed by atoms with Crippen molar-refractivity contribution in [3.8, 4) is 11.5 Å². The van der Waals surface area contributed by atoms with Gasteiger partial charge in [0.15, 0.2) is 5.82 Å². The van der Waals surface area contributed by atoms with Gasteiger partial charge in [-0.2, -0.15) is 18.2 Å². The van der Waals surface area contributed by atoms with E-state index in [-0.39, 0.29) is 18.0 Å². The Labute approximate surface area is 232 Å². The summed E-state index contributed by atoms with van der Waals surface area (Å²) >= 11 is 0. The fourth-order valence-corrected chi connectivity index (χ4v) is 4.56. The Bertz CT molecular complexity index is 1240. The molecule has 3 rings (SSSR count). The largest absolute Gasteiger partial charge is 0.474 e. The standard InChI is InChI=1S/C30H36F3N3O4/c1-2-3-4-5-6-7-8-9-10-18-26-34-27(40-35-26)23-16-13-14-22(19-23)20-36(28(37)29(38)39)21-24-15-11-12-17-25(24)30(31,32)33/h11-17,19H,2-10,18,20-21H2,1H3,(H,38,39). The van der Waals surface area contributed by atoms with Crippen LogP contribution in [0.1, 0.15) is 87.2 Å². The van der Waals surface area contributed by atoms with E-state index in [1.165, 1.54) is 63.1 Å². The molecule has 216 valence electrons. The van der Waals surface area contributed by atoms with Crippen molar-refractivity contribution in [2.75, 3.05) is 0 Å². The zero-order chi connectivity index (χ0) is 29.0. The highest BCUT2D eigenvalue weighted by molar-refractivity contribution is 6.31. The van der Waals surface area contributed by atoms with Crippen LogP contribution in [0.3, 0.4) is 0 Å². The van der Waals surface area contributed by atoms with Crippen LogP contribution in [0.5, 0.6) is 0 Å². The molecule has 1 aromatic heterocycles. The number of alkyl halides is 3. The number of benzene rings is 2. The maximum absolute atomic E-state index is 13.5. The van der Waals surface area contributed by atoms with Crippen LogP contribution >= 0.6 is 0 Å². The molecule has 2 aromatic carbocycles. The molecular weight excluding hydrogens is 523 g/mol. The fraction of sp³-hybridized carbons (Fsp3) is 0.467. The van der Waals surface area contributed by atoms with Gasteiger partial charge in [0, 0.05) is 25.1 Å². The maximum Gasteiger partial charge on any atom is 0.416 e. The second-order valence-electron chi connectivity index (χ2n) is 9.92. The summed E-state index contributed by atoms with van der Waals surface area (Å²) in [6.07, 6.45) is 6.95. The van der Waals surface area contributed by atoms with Gasteiger partial charge in [0.2, 0.25) is 0 Å². The van der Waals surface area contributed by atoms with Crippen molar-refractivity contribution in [3.05, 3.63) is 71.0 Å². The predicted octanol–water partition coefficient (Wildman–Crippen LogP) is 7.44. The first kappa shape index (κ1) is 30.8. The Morgan fingerprint density at radius 3 is 2.25 bits per heavy atom. The Balaban J connectivity index is 1.62. The molecule has 1 N–H and O–H groups in total. The summed E-state index contributed by atoms with van der Waals surface area (Å²) in [5.74, 6) is -2.18. The Hall–Kier alpha value is -3.69. The minimum atomic E-state index is -4.64. The van der Waals surface area contributed by atoms with Crippen molar-refractivity contribution in [2.24, 2.45) is 0 Å². The molecule has 0 aliphatic rings. The molecule has 0 spiro atoms. The Kier molecular flexibility index (Phi) is 11.7. The molecular formula is C30H36F3N3O4. The number of carboxylic acid groups (broad SMARTS) is 1. The van der Waals surface area contributed by atoms with Crippen molar-refractivity contribution in [1.29, 1.82) is 0 Å². The predicted molar refractivity (Wildman–Crippen MR) is 144 cm³/mol. The number of aliphatic carboxylic acids is 1. The molecule has 7 nitrogen and oxygen atoms in total. The molecule has 0 saturated heterocycles. The summed E-state index contributed by atoms with van der Waals surface area (Å²) < 4.78 is 45.8. The van der Waals surface area contributed by atoms with Crippen LogP contribution in [0.2, 0.25) is 0 Å². The first-order valence-electron chi connectivity index (χ1n) is 13.8. The fourth-order valence-electron chi connectivity index (χ4n) is 4.56. The van der Waals surface area contributed by atoms with Gasteiger partial charge in [-0.3, -0.25) is 4.79 Å². The molecule has 10 heteroatoms. The number of aromatic nitrogens is 2. The lowest BCUT2D eigenvalue weighted by Gasteiger charge is -2.23. The second-order valence-corrected chi connectivity index (χ2v) is 9.92. The summed E-state index contributed by atoms with van der Waals surface area (Å²) in [5, 5.41) is 13.3. The SMILES string of the molecule is CCCCCCCCCCCc1noc(-c2cccc(CN(Cc3ccccc3C(F)(F)F)C(=O)C(=O)O)c2)n1. The Morgan fingerprint density at radius 2 is 1.57 bits per heavy atom. The molecule has 0 bridgehead atoms. The summed E-state index contributed by atoms with van der Waals surface area (Å²) in [6.45, 7) is 1.48. The highest BCUT2D eigenvalue weighted by Crippen LogP contribution is 2.32. The van der Waals surface area contributed by atoms with E-state index >= 15 is 0 Å². The van der Waals surface area contributed by atoms with E-state index in [2.05, 4.69) is 17.1 Å². The van der Waals surface area contributed by atoms with Crippen molar-refractivity contribution >= 4 is 11.9 Å². The lowest BCUT2D eigenvalue weighted by atomic mass is 10.1. The second kappa shape index (κ2) is 15.2. The summed E-state index contributed by atoms with van der Waals surface area (Å²) in [6, 6.07) is 11.5. The molecule has 0 atom stereocenters. The Morgan fingerprint density at radius 1 is 0.900 bits per heavy atom. The number of halogens is 3. The minimum Gasteiger partial charge on any atom is -0.474 e. The first-order valence-corrected chi connectivity index (χ1v) is 13.8. The summed E-state index contributed by atoms with van der Waals surface area (Å²) in [7, 11) is 0. The number of amides is 1. The molecule has 3 aromatic rings. The van der Waals surface area contributed by atoms with E-state index in [9.17, 15) is 27.9 Å². The van der Waals surface area contributed by atoms with Crippen molar-refractivity contribution in [1.82, 2.24) is 15.0 Å². The van der Waals surface area contributed by atoms with Gasteiger partial charge in [0.05, 0.1) is 5.56 Å². The van der Waals surface area contributed by atoms with Crippen molar-refractivity contribution in [3.63, 3.8) is 0 Å². The number of carbonyl (C=O) groups excluding carboxylic acids is 1. The van der Waals surface area contributed by atoms with Crippen LogP contribution in [0.15, 0.2) is 53.1 Å². The molecule has 0 radical (unpaired) electrons. The first-order chi connectivity index (χ1) is 19.2. The topological polar surface area (TPSA) is 96.5 Å². The average Bonchev–Trinajstić information content (AvgIpc) is 3.40. The summed E-state index contributed by atoms with van der Waals surface area (Å²) in [4.78, 5) is 29.2. The third-order valence-corrected chi connectivity index (χ3v) is 6.67. The molecule has 0 aliphatic carbocycles. The molecule has 0 saturated carbocycles. The van der Waals surface area contributed by atoms with Crippen molar-refractivity contribution < 1.29 is 32.4 Å². The highest BCUT2D eigenvalue weighted by atomic mass is 19.4. The lowest BCUT2D eigenvalue weighted by molar-refractivity contribution is -0.156. The molecule has 0 unspecified atom stereocenters. The van der Waals surface area contributed by atoms with Gasteiger partial charge in [-0.05, 0) is 35.7 Å². The van der Waals surface area contributed by atoms with Crippen LogP contribution in [0.4, 0.5) is 13.2 Å². The van der Waals surface area contributed by atoms with Gasteiger partial charge >= 0.3 is 18.1 Å². The smallest absolute Gasteiger partial charge is 0.416 e. The number of carboxylic acids is 1. The van der Waals surface area contributed by atoms with Gasteiger partial charge in [0.25, 0.3) is 5.89 Å². The van der Waals surface area contributed by atoms with Gasteiger partial charge in [-0.1, -0.05) is 93.8 Å². The highest BCUT2D eigenvalue weighted by Gasteiger charge is 2.34. The molecule has 1 heterocycles.